The van der Waals surface area contributed by atoms with Gasteiger partial charge in [-0.25, -0.2) is 4.79 Å². The summed E-state index contributed by atoms with van der Waals surface area (Å²) in [4.78, 5) is 24.8. The minimum absolute atomic E-state index is 0.212. The fourth-order valence-electron chi connectivity index (χ4n) is 1.80. The number of ether oxygens (including phenoxy) is 1. The van der Waals surface area contributed by atoms with Crippen LogP contribution in [-0.2, 0) is 9.53 Å². The van der Waals surface area contributed by atoms with Crippen molar-refractivity contribution in [2.24, 2.45) is 0 Å². The first-order chi connectivity index (χ1) is 11.0. The number of benzene rings is 2. The van der Waals surface area contributed by atoms with E-state index in [-0.39, 0.29) is 17.2 Å². The van der Waals surface area contributed by atoms with Crippen molar-refractivity contribution < 1.29 is 14.3 Å². The van der Waals surface area contributed by atoms with Gasteiger partial charge in [-0.15, -0.1) is 11.8 Å². The molecule has 2 rings (SSSR count). The zero-order valence-electron chi connectivity index (χ0n) is 12.1. The number of esters is 1. The molecule has 2 aromatic rings. The second kappa shape index (κ2) is 8.38. The van der Waals surface area contributed by atoms with E-state index in [9.17, 15) is 9.59 Å². The van der Waals surface area contributed by atoms with Gasteiger partial charge in [0, 0.05) is 14.4 Å². The summed E-state index contributed by atoms with van der Waals surface area (Å²) in [6.07, 6.45) is 0. The van der Waals surface area contributed by atoms with Crippen molar-refractivity contribution in [3.63, 3.8) is 0 Å². The zero-order chi connectivity index (χ0) is 16.8. The predicted molar refractivity (Wildman–Crippen MR) is 96.3 cm³/mol. The lowest BCUT2D eigenvalue weighted by molar-refractivity contribution is -0.113. The highest BCUT2D eigenvalue weighted by molar-refractivity contribution is 9.10. The fraction of sp³-hybridized carbons (Fsp3) is 0.125. The van der Waals surface area contributed by atoms with E-state index in [0.29, 0.717) is 10.7 Å². The van der Waals surface area contributed by atoms with E-state index in [1.807, 2.05) is 24.3 Å². The Hall–Kier alpha value is -1.50. The Bertz CT molecular complexity index is 739. The summed E-state index contributed by atoms with van der Waals surface area (Å²) in [5, 5.41) is 3.12. The number of carbonyl (C=O) groups is 2. The quantitative estimate of drug-likeness (QED) is 0.573. The molecule has 0 spiro atoms. The van der Waals surface area contributed by atoms with Crippen LogP contribution < -0.4 is 5.32 Å². The van der Waals surface area contributed by atoms with E-state index >= 15 is 0 Å². The van der Waals surface area contributed by atoms with E-state index < -0.39 is 5.97 Å². The molecule has 0 atom stereocenters. The van der Waals surface area contributed by atoms with Gasteiger partial charge in [0.2, 0.25) is 5.91 Å². The summed E-state index contributed by atoms with van der Waals surface area (Å²) in [7, 11) is 1.28. The van der Waals surface area contributed by atoms with Gasteiger partial charge >= 0.3 is 5.97 Å². The van der Waals surface area contributed by atoms with Crippen LogP contribution in [0.3, 0.4) is 0 Å². The highest BCUT2D eigenvalue weighted by Gasteiger charge is 2.14. The number of hydrogen-bond acceptors (Lipinski definition) is 4. The maximum absolute atomic E-state index is 12.1. The van der Waals surface area contributed by atoms with E-state index in [1.165, 1.54) is 31.0 Å². The van der Waals surface area contributed by atoms with Gasteiger partial charge in [-0.05, 0) is 36.4 Å². The molecule has 7 heteroatoms. The standard InChI is InChI=1S/C16H13BrClNO3S/c1-22-16(21)13-6-5-11(18)8-14(13)19-15(20)9-23-12-4-2-3-10(17)7-12/h2-8H,9H2,1H3,(H,19,20). The largest absolute Gasteiger partial charge is 0.465 e. The van der Waals surface area contributed by atoms with E-state index in [0.717, 1.165) is 9.37 Å². The zero-order valence-corrected chi connectivity index (χ0v) is 15.3. The molecule has 0 aliphatic heterocycles. The Morgan fingerprint density at radius 3 is 2.74 bits per heavy atom. The minimum Gasteiger partial charge on any atom is -0.465 e. The van der Waals surface area contributed by atoms with Crippen molar-refractivity contribution >= 4 is 56.9 Å². The van der Waals surface area contributed by atoms with Crippen molar-refractivity contribution in [1.29, 1.82) is 0 Å². The third-order valence-corrected chi connectivity index (χ3v) is 4.55. The lowest BCUT2D eigenvalue weighted by atomic mass is 10.2. The van der Waals surface area contributed by atoms with Crippen molar-refractivity contribution in [1.82, 2.24) is 0 Å². The van der Waals surface area contributed by atoms with Crippen molar-refractivity contribution in [3.8, 4) is 0 Å². The van der Waals surface area contributed by atoms with Crippen LogP contribution in [0.4, 0.5) is 5.69 Å². The first-order valence-electron chi connectivity index (χ1n) is 6.55. The van der Waals surface area contributed by atoms with E-state index in [4.69, 9.17) is 16.3 Å². The van der Waals surface area contributed by atoms with Crippen molar-refractivity contribution in [2.45, 2.75) is 4.90 Å². The molecule has 1 N–H and O–H groups in total. The van der Waals surface area contributed by atoms with Gasteiger partial charge in [0.05, 0.1) is 24.1 Å². The fourth-order valence-corrected chi connectivity index (χ4v) is 3.28. The van der Waals surface area contributed by atoms with Gasteiger partial charge in [0.15, 0.2) is 0 Å². The predicted octanol–water partition coefficient (Wildman–Crippen LogP) is 4.62. The van der Waals surface area contributed by atoms with Gasteiger partial charge in [-0.1, -0.05) is 33.6 Å². The number of thioether (sulfide) groups is 1. The number of rotatable bonds is 5. The smallest absolute Gasteiger partial charge is 0.339 e. The summed E-state index contributed by atoms with van der Waals surface area (Å²) >= 11 is 10.7. The molecule has 4 nitrogen and oxygen atoms in total. The Morgan fingerprint density at radius 2 is 2.04 bits per heavy atom. The number of halogens is 2. The number of carbonyl (C=O) groups excluding carboxylic acids is 2. The molecular weight excluding hydrogens is 402 g/mol. The molecule has 0 radical (unpaired) electrons. The van der Waals surface area contributed by atoms with Gasteiger partial charge in [0.25, 0.3) is 0 Å². The van der Waals surface area contributed by atoms with Crippen LogP contribution in [0.2, 0.25) is 5.02 Å². The topological polar surface area (TPSA) is 55.4 Å². The highest BCUT2D eigenvalue weighted by Crippen LogP contribution is 2.24. The first-order valence-corrected chi connectivity index (χ1v) is 8.71. The summed E-state index contributed by atoms with van der Waals surface area (Å²) in [6.45, 7) is 0. The van der Waals surface area contributed by atoms with Crippen LogP contribution in [-0.4, -0.2) is 24.7 Å². The first kappa shape index (κ1) is 17.8. The molecule has 2 aromatic carbocycles. The number of nitrogens with one attached hydrogen (secondary N) is 1. The second-order valence-electron chi connectivity index (χ2n) is 4.48. The second-order valence-corrected chi connectivity index (χ2v) is 6.88. The number of hydrogen-bond donors (Lipinski definition) is 1. The lowest BCUT2D eigenvalue weighted by Crippen LogP contribution is -2.17. The van der Waals surface area contributed by atoms with Crippen LogP contribution in [0.1, 0.15) is 10.4 Å². The van der Waals surface area contributed by atoms with Gasteiger partial charge in [-0.2, -0.15) is 0 Å². The van der Waals surface area contributed by atoms with Crippen LogP contribution in [0.15, 0.2) is 51.8 Å². The Labute approximate surface area is 151 Å². The maximum Gasteiger partial charge on any atom is 0.339 e. The van der Waals surface area contributed by atoms with E-state index in [1.54, 1.807) is 6.07 Å². The highest BCUT2D eigenvalue weighted by atomic mass is 79.9. The number of methoxy groups -OCH3 is 1. The summed E-state index contributed by atoms with van der Waals surface area (Å²) in [5.74, 6) is -0.553. The lowest BCUT2D eigenvalue weighted by Gasteiger charge is -2.10. The SMILES string of the molecule is COC(=O)c1ccc(Cl)cc1NC(=O)CSc1cccc(Br)c1. The molecule has 23 heavy (non-hydrogen) atoms. The molecule has 0 bridgehead atoms. The summed E-state index contributed by atoms with van der Waals surface area (Å²) < 4.78 is 5.65. The molecule has 1 amide bonds. The van der Waals surface area contributed by atoms with Crippen molar-refractivity contribution in [2.75, 3.05) is 18.2 Å². The van der Waals surface area contributed by atoms with Crippen LogP contribution in [0.25, 0.3) is 0 Å². The molecule has 120 valence electrons. The van der Waals surface area contributed by atoms with Crippen LogP contribution >= 0.6 is 39.3 Å². The third-order valence-electron chi connectivity index (χ3n) is 2.83. The van der Waals surface area contributed by atoms with E-state index in [2.05, 4.69) is 21.2 Å². The summed E-state index contributed by atoms with van der Waals surface area (Å²) in [6, 6.07) is 12.3. The number of amides is 1. The average molecular weight is 415 g/mol. The van der Waals surface area contributed by atoms with Gasteiger partial charge in [-0.3, -0.25) is 4.79 Å². The molecule has 0 heterocycles. The molecule has 0 aromatic heterocycles. The average Bonchev–Trinajstić information content (AvgIpc) is 2.52. The molecule has 0 aliphatic rings. The molecule has 0 unspecified atom stereocenters. The summed E-state index contributed by atoms with van der Waals surface area (Å²) in [5.41, 5.74) is 0.599. The Kier molecular flexibility index (Phi) is 6.50. The van der Waals surface area contributed by atoms with Crippen molar-refractivity contribution in [3.05, 3.63) is 57.5 Å². The molecule has 0 saturated heterocycles. The Morgan fingerprint density at radius 1 is 1.26 bits per heavy atom. The Balaban J connectivity index is 2.05. The third kappa shape index (κ3) is 5.27. The molecule has 0 saturated carbocycles. The monoisotopic (exact) mass is 413 g/mol. The molecule has 0 fully saturated rings. The normalized spacial score (nSPS) is 10.2. The minimum atomic E-state index is -0.531. The van der Waals surface area contributed by atoms with Gasteiger partial charge in [0.1, 0.15) is 0 Å². The van der Waals surface area contributed by atoms with Crippen LogP contribution in [0, 0.1) is 0 Å². The maximum atomic E-state index is 12.1. The molecule has 0 aliphatic carbocycles. The molecular formula is C16H13BrClNO3S. The van der Waals surface area contributed by atoms with Crippen LogP contribution in [0.5, 0.6) is 0 Å². The number of anilines is 1. The van der Waals surface area contributed by atoms with Gasteiger partial charge < -0.3 is 10.1 Å².